The molecule has 1 aliphatic rings. The first kappa shape index (κ1) is 52.0. The molecule has 0 unspecified atom stereocenters. The maximum Gasteiger partial charge on any atom is 0.159 e. The van der Waals surface area contributed by atoms with Crippen LogP contribution in [-0.2, 0) is 38.5 Å². The van der Waals surface area contributed by atoms with E-state index in [0.717, 1.165) is 0 Å². The van der Waals surface area contributed by atoms with Crippen LogP contribution in [0.1, 0.15) is 243 Å². The van der Waals surface area contributed by atoms with Crippen molar-refractivity contribution in [2.24, 2.45) is 0 Å². The molecule has 0 radical (unpaired) electrons. The summed E-state index contributed by atoms with van der Waals surface area (Å²) in [5, 5.41) is 5.09. The van der Waals surface area contributed by atoms with E-state index in [0.29, 0.717) is 5.54 Å². The summed E-state index contributed by atoms with van der Waals surface area (Å²) in [6.45, 7) is 19.1. The van der Waals surface area contributed by atoms with Gasteiger partial charge in [-0.1, -0.05) is 235 Å². The maximum atomic E-state index is 2.80. The molecular formula is C61H96Si. The lowest BCUT2D eigenvalue weighted by atomic mass is 10.00. The molecule has 0 atom stereocenters. The Morgan fingerprint density at radius 1 is 0.290 bits per heavy atom. The molecule has 62 heavy (non-hydrogen) atoms. The van der Waals surface area contributed by atoms with Gasteiger partial charge >= 0.3 is 0 Å². The summed E-state index contributed by atoms with van der Waals surface area (Å²) in [6.07, 6.45) is 43.9. The van der Waals surface area contributed by atoms with Gasteiger partial charge in [-0.3, -0.25) is 0 Å². The van der Waals surface area contributed by atoms with E-state index in [2.05, 4.69) is 122 Å². The van der Waals surface area contributed by atoms with E-state index in [1.807, 2.05) is 0 Å². The molecule has 1 heteroatoms. The molecule has 1 aliphatic carbocycles. The van der Waals surface area contributed by atoms with Gasteiger partial charge in [-0.15, -0.1) is 0 Å². The molecule has 4 rings (SSSR count). The van der Waals surface area contributed by atoms with Crippen molar-refractivity contribution < 1.29 is 0 Å². The highest BCUT2D eigenvalue weighted by molar-refractivity contribution is 7.13. The summed E-state index contributed by atoms with van der Waals surface area (Å²) in [6, 6.07) is 24.8. The molecule has 0 N–H and O–H groups in total. The van der Waals surface area contributed by atoms with Crippen LogP contribution in [0.25, 0.3) is 0 Å². The zero-order chi connectivity index (χ0) is 44.4. The van der Waals surface area contributed by atoms with Gasteiger partial charge in [-0.25, -0.2) is 0 Å². The molecule has 3 aromatic carbocycles. The molecule has 344 valence electrons. The Morgan fingerprint density at radius 3 is 0.694 bits per heavy atom. The van der Waals surface area contributed by atoms with Crippen LogP contribution in [0, 0.1) is 0 Å². The number of benzene rings is 3. The lowest BCUT2D eigenvalue weighted by Gasteiger charge is -2.42. The zero-order valence-electron chi connectivity index (χ0n) is 42.1. The SMILES string of the molecule is CCCCCCc1cc(CCCCCC)cc([Si](c2cc(CCCCCC)cc(CCCCCC)c2)(c2cc(CCCCCC)cc(CCCCCC)c2)C2C(C)=CC=C2C)c1. The molecular weight excluding hydrogens is 761 g/mol. The minimum atomic E-state index is -2.77. The zero-order valence-corrected chi connectivity index (χ0v) is 43.1. The van der Waals surface area contributed by atoms with E-state index in [4.69, 9.17) is 0 Å². The van der Waals surface area contributed by atoms with Crippen molar-refractivity contribution in [2.45, 2.75) is 254 Å². The standard InChI is InChI=1S/C61H96Si/c1-9-15-21-27-33-52-41-53(34-28-22-16-10-2)45-58(44-52)62(61-50(7)39-40-51(61)8,59-46-54(35-29-23-17-11-3)42-55(47-59)36-30-24-18-12-4)60-48-56(37-31-25-19-13-5)43-57(49-60)38-32-26-20-14-6/h39-49,61H,9-38H2,1-8H3. The van der Waals surface area contributed by atoms with Crippen LogP contribution in [0.4, 0.5) is 0 Å². The molecule has 0 bridgehead atoms. The normalized spacial score (nSPS) is 13.3. The van der Waals surface area contributed by atoms with Gasteiger partial charge in [0.05, 0.1) is 0 Å². The summed E-state index contributed by atoms with van der Waals surface area (Å²) in [5.41, 5.74) is 13.2. The van der Waals surface area contributed by atoms with Crippen molar-refractivity contribution in [2.75, 3.05) is 0 Å². The number of rotatable bonds is 34. The molecule has 0 spiro atoms. The second-order valence-electron chi connectivity index (χ2n) is 20.0. The first-order valence-corrected chi connectivity index (χ1v) is 29.2. The number of hydrogen-bond donors (Lipinski definition) is 0. The fourth-order valence-corrected chi connectivity index (χ4v) is 16.9. The number of hydrogen-bond acceptors (Lipinski definition) is 0. The molecule has 0 nitrogen and oxygen atoms in total. The number of unbranched alkanes of at least 4 members (excludes halogenated alkanes) is 18. The third-order valence-electron chi connectivity index (χ3n) is 14.4. The summed E-state index contributed by atoms with van der Waals surface area (Å²) in [7, 11) is -2.77. The Morgan fingerprint density at radius 2 is 0.500 bits per heavy atom. The van der Waals surface area contributed by atoms with Gasteiger partial charge in [0.2, 0.25) is 0 Å². The first-order valence-electron chi connectivity index (χ1n) is 27.1. The van der Waals surface area contributed by atoms with Crippen LogP contribution >= 0.6 is 0 Å². The fourth-order valence-electron chi connectivity index (χ4n) is 10.9. The fraction of sp³-hybridized carbons (Fsp3) is 0.639. The van der Waals surface area contributed by atoms with Crippen molar-refractivity contribution in [3.8, 4) is 0 Å². The largest absolute Gasteiger partial charge is 0.159 e. The van der Waals surface area contributed by atoms with Crippen LogP contribution in [-0.4, -0.2) is 8.07 Å². The van der Waals surface area contributed by atoms with Crippen LogP contribution < -0.4 is 15.6 Å². The summed E-state index contributed by atoms with van der Waals surface area (Å²) < 4.78 is 0. The van der Waals surface area contributed by atoms with E-state index in [1.165, 1.54) is 193 Å². The molecule has 0 saturated heterocycles. The molecule has 0 aliphatic heterocycles. The van der Waals surface area contributed by atoms with Gasteiger partial charge in [-0.05, 0) is 140 Å². The summed E-state index contributed by atoms with van der Waals surface area (Å²) in [4.78, 5) is 0. The lowest BCUT2D eigenvalue weighted by molar-refractivity contribution is 0.661. The highest BCUT2D eigenvalue weighted by Crippen LogP contribution is 2.41. The molecule has 0 heterocycles. The summed E-state index contributed by atoms with van der Waals surface area (Å²) >= 11 is 0. The second kappa shape index (κ2) is 29.7. The quantitative estimate of drug-likeness (QED) is 0.0319. The van der Waals surface area contributed by atoms with Gasteiger partial charge in [0.25, 0.3) is 0 Å². The predicted molar refractivity (Wildman–Crippen MR) is 282 cm³/mol. The van der Waals surface area contributed by atoms with Crippen molar-refractivity contribution >= 4 is 23.6 Å². The number of allylic oxidation sites excluding steroid dienone is 4. The number of aryl methyl sites for hydroxylation is 6. The molecule has 0 aromatic heterocycles. The minimum absolute atomic E-state index is 0.414. The first-order chi connectivity index (χ1) is 30.3. The Kier molecular flexibility index (Phi) is 24.9. The Hall–Kier alpha value is -2.64. The van der Waals surface area contributed by atoms with Crippen LogP contribution in [0.2, 0.25) is 5.54 Å². The molecule has 3 aromatic rings. The van der Waals surface area contributed by atoms with E-state index < -0.39 is 8.07 Å². The van der Waals surface area contributed by atoms with Gasteiger partial charge in [0.15, 0.2) is 8.07 Å². The monoisotopic (exact) mass is 857 g/mol. The van der Waals surface area contributed by atoms with Crippen molar-refractivity contribution in [3.05, 3.63) is 111 Å². The Labute approximate surface area is 386 Å². The highest BCUT2D eigenvalue weighted by Gasteiger charge is 2.49. The maximum absolute atomic E-state index is 2.80. The molecule has 0 amide bonds. The lowest BCUT2D eigenvalue weighted by Crippen LogP contribution is -2.70. The Bertz CT molecular complexity index is 1470. The van der Waals surface area contributed by atoms with Crippen LogP contribution in [0.3, 0.4) is 0 Å². The Balaban J connectivity index is 2.13. The summed E-state index contributed by atoms with van der Waals surface area (Å²) in [5.74, 6) is 0. The van der Waals surface area contributed by atoms with Crippen LogP contribution in [0.15, 0.2) is 77.9 Å². The minimum Gasteiger partial charge on any atom is -0.0679 e. The average Bonchev–Trinajstić information content (AvgIpc) is 3.61. The van der Waals surface area contributed by atoms with E-state index in [1.54, 1.807) is 60.1 Å². The van der Waals surface area contributed by atoms with Crippen LogP contribution in [0.5, 0.6) is 0 Å². The smallest absolute Gasteiger partial charge is 0.0679 e. The topological polar surface area (TPSA) is 0 Å². The average molecular weight is 858 g/mol. The van der Waals surface area contributed by atoms with Gasteiger partial charge < -0.3 is 0 Å². The third-order valence-corrected chi connectivity index (χ3v) is 19.8. The van der Waals surface area contributed by atoms with E-state index in [-0.39, 0.29) is 0 Å². The molecule has 0 fully saturated rings. The second-order valence-corrected chi connectivity index (χ2v) is 24.0. The molecule has 0 saturated carbocycles. The predicted octanol–water partition coefficient (Wildman–Crippen LogP) is 17.2. The van der Waals surface area contributed by atoms with Gasteiger partial charge in [0.1, 0.15) is 0 Å². The van der Waals surface area contributed by atoms with Gasteiger partial charge in [-0.2, -0.15) is 0 Å². The van der Waals surface area contributed by atoms with E-state index >= 15 is 0 Å². The van der Waals surface area contributed by atoms with Crippen molar-refractivity contribution in [1.29, 1.82) is 0 Å². The van der Waals surface area contributed by atoms with Crippen molar-refractivity contribution in [3.63, 3.8) is 0 Å². The van der Waals surface area contributed by atoms with Crippen molar-refractivity contribution in [1.82, 2.24) is 0 Å². The highest BCUT2D eigenvalue weighted by atomic mass is 28.3. The van der Waals surface area contributed by atoms with Gasteiger partial charge in [0, 0.05) is 5.54 Å². The van der Waals surface area contributed by atoms with E-state index in [9.17, 15) is 0 Å². The third kappa shape index (κ3) is 16.1.